The van der Waals surface area contributed by atoms with Crippen LogP contribution in [0.2, 0.25) is 5.02 Å². The largest absolute Gasteiger partial charge is 0.350 e. The monoisotopic (exact) mass is 430 g/mol. The molecule has 0 aliphatic carbocycles. The summed E-state index contributed by atoms with van der Waals surface area (Å²) in [7, 11) is 0. The number of hydrogen-bond donors (Lipinski definition) is 1. The van der Waals surface area contributed by atoms with Crippen LogP contribution in [0.4, 0.5) is 11.4 Å². The molecule has 0 saturated carbocycles. The summed E-state index contributed by atoms with van der Waals surface area (Å²) in [6, 6.07) is 18.8. The van der Waals surface area contributed by atoms with E-state index in [9.17, 15) is 9.59 Å². The van der Waals surface area contributed by atoms with Crippen LogP contribution in [-0.2, 0) is 9.59 Å². The number of benzene rings is 3. The smallest absolute Gasteiger partial charge is 0.282 e. The Morgan fingerprint density at radius 1 is 0.742 bits per heavy atom. The number of rotatable bonds is 4. The van der Waals surface area contributed by atoms with Crippen LogP contribution in [-0.4, -0.2) is 11.8 Å². The molecule has 1 aliphatic rings. The number of carbonyl (C=O) groups is 2. The van der Waals surface area contributed by atoms with Gasteiger partial charge in [0.05, 0.1) is 11.3 Å². The van der Waals surface area contributed by atoms with Gasteiger partial charge in [0.1, 0.15) is 5.70 Å². The first-order chi connectivity index (χ1) is 14.8. The third-order valence-corrected chi connectivity index (χ3v) is 5.87. The number of anilines is 2. The molecule has 5 heteroatoms. The van der Waals surface area contributed by atoms with E-state index in [2.05, 4.69) is 5.32 Å². The Bertz CT molecular complexity index is 1240. The van der Waals surface area contributed by atoms with Gasteiger partial charge in [-0.05, 0) is 62.6 Å². The van der Waals surface area contributed by atoms with E-state index >= 15 is 0 Å². The van der Waals surface area contributed by atoms with Gasteiger partial charge in [0.25, 0.3) is 11.8 Å². The predicted molar refractivity (Wildman–Crippen MR) is 126 cm³/mol. The first-order valence-electron chi connectivity index (χ1n) is 10.1. The lowest BCUT2D eigenvalue weighted by Crippen LogP contribution is -2.33. The second kappa shape index (κ2) is 8.05. The van der Waals surface area contributed by atoms with Crippen molar-refractivity contribution in [2.24, 2.45) is 0 Å². The minimum Gasteiger partial charge on any atom is -0.350 e. The number of carbonyl (C=O) groups excluding carboxylic acids is 2. The van der Waals surface area contributed by atoms with Gasteiger partial charge in [-0.2, -0.15) is 0 Å². The van der Waals surface area contributed by atoms with E-state index in [0.717, 1.165) is 22.3 Å². The van der Waals surface area contributed by atoms with E-state index in [4.69, 9.17) is 11.6 Å². The Balaban J connectivity index is 1.84. The van der Waals surface area contributed by atoms with Gasteiger partial charge >= 0.3 is 0 Å². The molecule has 1 heterocycles. The molecule has 2 amide bonds. The van der Waals surface area contributed by atoms with E-state index in [0.29, 0.717) is 27.5 Å². The molecule has 0 fully saturated rings. The van der Waals surface area contributed by atoms with Gasteiger partial charge in [0.2, 0.25) is 0 Å². The molecule has 31 heavy (non-hydrogen) atoms. The van der Waals surface area contributed by atoms with Crippen LogP contribution < -0.4 is 10.2 Å². The highest BCUT2D eigenvalue weighted by molar-refractivity contribution is 6.46. The Labute approximate surface area is 187 Å². The number of hydrogen-bond acceptors (Lipinski definition) is 3. The zero-order chi connectivity index (χ0) is 22.3. The van der Waals surface area contributed by atoms with Crippen molar-refractivity contribution in [1.82, 2.24) is 0 Å². The van der Waals surface area contributed by atoms with Crippen LogP contribution in [0.5, 0.6) is 0 Å². The fourth-order valence-corrected chi connectivity index (χ4v) is 3.90. The van der Waals surface area contributed by atoms with E-state index < -0.39 is 0 Å². The van der Waals surface area contributed by atoms with Crippen LogP contribution in [0, 0.1) is 27.7 Å². The van der Waals surface area contributed by atoms with Gasteiger partial charge < -0.3 is 5.32 Å². The van der Waals surface area contributed by atoms with Gasteiger partial charge in [-0.25, -0.2) is 4.90 Å². The molecule has 3 aromatic carbocycles. The van der Waals surface area contributed by atoms with E-state index in [1.165, 1.54) is 4.90 Å². The van der Waals surface area contributed by atoms with Crippen LogP contribution in [0.1, 0.15) is 27.8 Å². The maximum absolute atomic E-state index is 13.5. The molecule has 0 saturated heterocycles. The minimum atomic E-state index is -0.385. The van der Waals surface area contributed by atoms with Crippen molar-refractivity contribution >= 4 is 40.4 Å². The minimum absolute atomic E-state index is 0.244. The molecule has 0 unspecified atom stereocenters. The van der Waals surface area contributed by atoms with Crippen LogP contribution in [0.15, 0.2) is 66.4 Å². The Morgan fingerprint density at radius 3 is 2.06 bits per heavy atom. The summed E-state index contributed by atoms with van der Waals surface area (Å²) in [6.07, 6.45) is 0. The quantitative estimate of drug-likeness (QED) is 0.518. The van der Waals surface area contributed by atoms with Gasteiger partial charge in [-0.1, -0.05) is 65.2 Å². The lowest BCUT2D eigenvalue weighted by atomic mass is 10.0. The zero-order valence-electron chi connectivity index (χ0n) is 17.9. The Morgan fingerprint density at radius 2 is 1.42 bits per heavy atom. The lowest BCUT2D eigenvalue weighted by molar-refractivity contribution is -0.120. The summed E-state index contributed by atoms with van der Waals surface area (Å²) >= 11 is 6.28. The van der Waals surface area contributed by atoms with E-state index in [1.54, 1.807) is 6.07 Å². The predicted octanol–water partition coefficient (Wildman–Crippen LogP) is 5.97. The van der Waals surface area contributed by atoms with Crippen molar-refractivity contribution < 1.29 is 9.59 Å². The van der Waals surface area contributed by atoms with Crippen LogP contribution in [0.3, 0.4) is 0 Å². The number of amides is 2. The summed E-state index contributed by atoms with van der Waals surface area (Å²) in [5.74, 6) is -0.731. The summed E-state index contributed by atoms with van der Waals surface area (Å²) in [6.45, 7) is 7.78. The first kappa shape index (κ1) is 20.9. The molecule has 1 aliphatic heterocycles. The molecule has 0 radical (unpaired) electrons. The molecular weight excluding hydrogens is 408 g/mol. The number of nitrogens with one attached hydrogen (secondary N) is 1. The average molecular weight is 431 g/mol. The van der Waals surface area contributed by atoms with Crippen molar-refractivity contribution in [3.05, 3.63) is 99.2 Å². The fraction of sp³-hybridized carbons (Fsp3) is 0.154. The van der Waals surface area contributed by atoms with Crippen molar-refractivity contribution in [2.75, 3.05) is 10.2 Å². The molecule has 0 bridgehead atoms. The highest BCUT2D eigenvalue weighted by atomic mass is 35.5. The molecule has 0 aromatic heterocycles. The fourth-order valence-electron chi connectivity index (χ4n) is 3.72. The van der Waals surface area contributed by atoms with Gasteiger partial charge in [-0.15, -0.1) is 0 Å². The molecule has 0 spiro atoms. The molecule has 1 N–H and O–H groups in total. The summed E-state index contributed by atoms with van der Waals surface area (Å²) < 4.78 is 0. The number of halogens is 1. The number of nitrogens with zero attached hydrogens (tertiary/aromatic N) is 1. The molecule has 4 nitrogen and oxygen atoms in total. The summed E-state index contributed by atoms with van der Waals surface area (Å²) in [5.41, 5.74) is 6.47. The standard InChI is InChI=1S/C26H23ClN2O2/c1-15-5-9-19(10-6-15)23-24(28-20-11-8-17(3)21(27)14-20)26(31)29(25(23)30)22-12-7-16(2)13-18(22)4/h5-14,28H,1-4H3. The Kier molecular flexibility index (Phi) is 5.42. The maximum Gasteiger partial charge on any atom is 0.282 e. The first-order valence-corrected chi connectivity index (χ1v) is 10.4. The lowest BCUT2D eigenvalue weighted by Gasteiger charge is -2.18. The van der Waals surface area contributed by atoms with Gasteiger partial charge in [-0.3, -0.25) is 9.59 Å². The molecular formula is C26H23ClN2O2. The molecule has 156 valence electrons. The number of imide groups is 1. The maximum atomic E-state index is 13.5. The SMILES string of the molecule is Cc1ccc(C2=C(Nc3ccc(C)c(Cl)c3)C(=O)N(c3ccc(C)cc3C)C2=O)cc1. The van der Waals surface area contributed by atoms with E-state index in [1.807, 2.05) is 82.3 Å². The van der Waals surface area contributed by atoms with Crippen LogP contribution in [0.25, 0.3) is 5.57 Å². The zero-order valence-corrected chi connectivity index (χ0v) is 18.7. The highest BCUT2D eigenvalue weighted by Crippen LogP contribution is 2.35. The van der Waals surface area contributed by atoms with Crippen molar-refractivity contribution in [2.45, 2.75) is 27.7 Å². The van der Waals surface area contributed by atoms with Crippen LogP contribution >= 0.6 is 11.6 Å². The average Bonchev–Trinajstić information content (AvgIpc) is 2.96. The van der Waals surface area contributed by atoms with Crippen molar-refractivity contribution in [3.8, 4) is 0 Å². The Hall–Kier alpha value is -3.37. The van der Waals surface area contributed by atoms with Crippen molar-refractivity contribution in [3.63, 3.8) is 0 Å². The number of aryl methyl sites for hydroxylation is 4. The topological polar surface area (TPSA) is 49.4 Å². The van der Waals surface area contributed by atoms with Gasteiger partial charge in [0, 0.05) is 10.7 Å². The molecule has 0 atom stereocenters. The second-order valence-corrected chi connectivity index (χ2v) is 8.35. The van der Waals surface area contributed by atoms with Gasteiger partial charge in [0.15, 0.2) is 0 Å². The third-order valence-electron chi connectivity index (χ3n) is 5.46. The highest BCUT2D eigenvalue weighted by Gasteiger charge is 2.40. The summed E-state index contributed by atoms with van der Waals surface area (Å²) in [4.78, 5) is 28.3. The normalized spacial score (nSPS) is 13.9. The molecule has 4 rings (SSSR count). The third kappa shape index (κ3) is 3.87. The second-order valence-electron chi connectivity index (χ2n) is 7.94. The molecule has 3 aromatic rings. The van der Waals surface area contributed by atoms with E-state index in [-0.39, 0.29) is 17.5 Å². The summed E-state index contributed by atoms with van der Waals surface area (Å²) in [5, 5.41) is 3.75. The van der Waals surface area contributed by atoms with Crippen molar-refractivity contribution in [1.29, 1.82) is 0 Å².